The van der Waals surface area contributed by atoms with Crippen molar-refractivity contribution in [3.05, 3.63) is 0 Å². The SMILES string of the molecule is CC(C)C(CN)C(=O)NC1C2C3CCC(C3)C12. The average molecular weight is 236 g/mol. The summed E-state index contributed by atoms with van der Waals surface area (Å²) in [4.78, 5) is 12.1. The monoisotopic (exact) mass is 236 g/mol. The first-order valence-electron chi connectivity index (χ1n) is 7.14. The largest absolute Gasteiger partial charge is 0.352 e. The van der Waals surface area contributed by atoms with Crippen molar-refractivity contribution in [3.63, 3.8) is 0 Å². The Labute approximate surface area is 104 Å². The van der Waals surface area contributed by atoms with Crippen molar-refractivity contribution in [1.82, 2.24) is 5.32 Å². The first-order chi connectivity index (χ1) is 8.13. The van der Waals surface area contributed by atoms with E-state index in [2.05, 4.69) is 19.2 Å². The lowest BCUT2D eigenvalue weighted by molar-refractivity contribution is -0.126. The van der Waals surface area contributed by atoms with Crippen molar-refractivity contribution in [3.8, 4) is 0 Å². The molecule has 3 aliphatic rings. The Bertz CT molecular complexity index is 312. The second kappa shape index (κ2) is 3.98. The lowest BCUT2D eigenvalue weighted by atomic mass is 9.95. The molecule has 0 heterocycles. The fraction of sp³-hybridized carbons (Fsp3) is 0.929. The van der Waals surface area contributed by atoms with Crippen LogP contribution in [0.4, 0.5) is 0 Å². The summed E-state index contributed by atoms with van der Waals surface area (Å²) in [5.74, 6) is 4.02. The molecule has 3 aliphatic carbocycles. The molecule has 2 bridgehead atoms. The molecule has 3 rings (SSSR count). The molecule has 1 amide bonds. The van der Waals surface area contributed by atoms with Gasteiger partial charge in [0.05, 0.1) is 5.92 Å². The zero-order valence-corrected chi connectivity index (χ0v) is 10.9. The first-order valence-corrected chi connectivity index (χ1v) is 7.14. The number of hydrogen-bond acceptors (Lipinski definition) is 2. The maximum absolute atomic E-state index is 12.1. The van der Waals surface area contributed by atoms with Gasteiger partial charge < -0.3 is 11.1 Å². The molecule has 3 heteroatoms. The molecule has 17 heavy (non-hydrogen) atoms. The Hall–Kier alpha value is -0.570. The highest BCUT2D eigenvalue weighted by molar-refractivity contribution is 5.80. The summed E-state index contributed by atoms with van der Waals surface area (Å²) in [6.07, 6.45) is 4.25. The van der Waals surface area contributed by atoms with Crippen LogP contribution in [0.25, 0.3) is 0 Å². The van der Waals surface area contributed by atoms with Gasteiger partial charge in [0.1, 0.15) is 0 Å². The van der Waals surface area contributed by atoms with E-state index in [1.54, 1.807) is 0 Å². The van der Waals surface area contributed by atoms with Gasteiger partial charge in [-0.1, -0.05) is 13.8 Å². The quantitative estimate of drug-likeness (QED) is 0.775. The van der Waals surface area contributed by atoms with Crippen molar-refractivity contribution in [2.75, 3.05) is 6.54 Å². The number of nitrogens with one attached hydrogen (secondary N) is 1. The Morgan fingerprint density at radius 1 is 1.29 bits per heavy atom. The summed E-state index contributed by atoms with van der Waals surface area (Å²) in [5, 5.41) is 3.27. The Morgan fingerprint density at radius 2 is 1.88 bits per heavy atom. The van der Waals surface area contributed by atoms with Crippen LogP contribution in [0.3, 0.4) is 0 Å². The van der Waals surface area contributed by atoms with E-state index in [9.17, 15) is 4.79 Å². The number of rotatable bonds is 4. The van der Waals surface area contributed by atoms with E-state index < -0.39 is 0 Å². The third kappa shape index (κ3) is 1.70. The predicted molar refractivity (Wildman–Crippen MR) is 67.1 cm³/mol. The highest BCUT2D eigenvalue weighted by Crippen LogP contribution is 2.65. The number of carbonyl (C=O) groups excluding carboxylic acids is 1. The Kier molecular flexibility index (Phi) is 2.69. The summed E-state index contributed by atoms with van der Waals surface area (Å²) < 4.78 is 0. The molecule has 5 unspecified atom stereocenters. The van der Waals surface area contributed by atoms with Crippen molar-refractivity contribution in [2.45, 2.75) is 39.2 Å². The van der Waals surface area contributed by atoms with Gasteiger partial charge in [0.25, 0.3) is 0 Å². The maximum Gasteiger partial charge on any atom is 0.224 e. The molecule has 5 atom stereocenters. The molecule has 0 aromatic heterocycles. The second-order valence-corrected chi connectivity index (χ2v) is 6.61. The number of nitrogens with two attached hydrogens (primary N) is 1. The topological polar surface area (TPSA) is 55.1 Å². The van der Waals surface area contributed by atoms with E-state index in [4.69, 9.17) is 5.73 Å². The lowest BCUT2D eigenvalue weighted by Gasteiger charge is -2.19. The predicted octanol–water partition coefficient (Wildman–Crippen LogP) is 1.38. The van der Waals surface area contributed by atoms with Gasteiger partial charge in [-0.2, -0.15) is 0 Å². The van der Waals surface area contributed by atoms with Crippen LogP contribution in [0.15, 0.2) is 0 Å². The molecule has 0 radical (unpaired) electrons. The summed E-state index contributed by atoms with van der Waals surface area (Å²) in [7, 11) is 0. The smallest absolute Gasteiger partial charge is 0.224 e. The fourth-order valence-electron chi connectivity index (χ4n) is 4.47. The Morgan fingerprint density at radius 3 is 2.35 bits per heavy atom. The van der Waals surface area contributed by atoms with Crippen LogP contribution in [-0.2, 0) is 4.79 Å². The second-order valence-electron chi connectivity index (χ2n) is 6.61. The normalized spacial score (nSPS) is 43.6. The van der Waals surface area contributed by atoms with E-state index in [1.165, 1.54) is 19.3 Å². The standard InChI is InChI=1S/C14H24N2O/c1-7(2)10(6-15)14(17)16-13-11-8-3-4-9(5-8)12(11)13/h7-13H,3-6,15H2,1-2H3,(H,16,17). The highest BCUT2D eigenvalue weighted by atomic mass is 16.2. The lowest BCUT2D eigenvalue weighted by Crippen LogP contribution is -2.40. The van der Waals surface area contributed by atoms with Gasteiger partial charge in [-0.15, -0.1) is 0 Å². The minimum absolute atomic E-state index is 0.00557. The molecular weight excluding hydrogens is 212 g/mol. The maximum atomic E-state index is 12.1. The van der Waals surface area contributed by atoms with Gasteiger partial charge in [0.15, 0.2) is 0 Å². The number of hydrogen-bond donors (Lipinski definition) is 2. The minimum atomic E-state index is -0.00557. The number of fused-ring (bicyclic) bond motifs is 5. The van der Waals surface area contributed by atoms with Crippen LogP contribution in [0.5, 0.6) is 0 Å². The van der Waals surface area contributed by atoms with Crippen molar-refractivity contribution in [2.24, 2.45) is 41.2 Å². The van der Waals surface area contributed by atoms with Crippen LogP contribution in [0, 0.1) is 35.5 Å². The molecule has 3 fully saturated rings. The van der Waals surface area contributed by atoms with Crippen LogP contribution in [-0.4, -0.2) is 18.5 Å². The number of amides is 1. The van der Waals surface area contributed by atoms with E-state index in [0.717, 1.165) is 23.7 Å². The summed E-state index contributed by atoms with van der Waals surface area (Å²) in [5.41, 5.74) is 5.69. The van der Waals surface area contributed by atoms with E-state index in [0.29, 0.717) is 18.5 Å². The van der Waals surface area contributed by atoms with Crippen LogP contribution >= 0.6 is 0 Å². The third-order valence-corrected chi connectivity index (χ3v) is 5.44. The molecule has 0 spiro atoms. The molecular formula is C14H24N2O. The molecule has 3 nitrogen and oxygen atoms in total. The van der Waals surface area contributed by atoms with Crippen LogP contribution in [0.2, 0.25) is 0 Å². The van der Waals surface area contributed by atoms with Gasteiger partial charge in [-0.25, -0.2) is 0 Å². The van der Waals surface area contributed by atoms with Gasteiger partial charge in [0, 0.05) is 12.6 Å². The van der Waals surface area contributed by atoms with E-state index >= 15 is 0 Å². The average Bonchev–Trinajstić information content (AvgIpc) is 2.70. The van der Waals surface area contributed by atoms with Crippen molar-refractivity contribution >= 4 is 5.91 Å². The summed E-state index contributed by atoms with van der Waals surface area (Å²) >= 11 is 0. The van der Waals surface area contributed by atoms with Crippen LogP contribution < -0.4 is 11.1 Å². The fourth-order valence-corrected chi connectivity index (χ4v) is 4.47. The molecule has 0 saturated heterocycles. The first kappa shape index (κ1) is 11.5. The molecule has 3 N–H and O–H groups in total. The molecule has 0 aliphatic heterocycles. The van der Waals surface area contributed by atoms with E-state index in [-0.39, 0.29) is 11.8 Å². The van der Waals surface area contributed by atoms with Crippen LogP contribution in [0.1, 0.15) is 33.1 Å². The van der Waals surface area contributed by atoms with Gasteiger partial charge in [-0.3, -0.25) is 4.79 Å². The highest BCUT2D eigenvalue weighted by Gasteiger charge is 2.65. The molecule has 0 aromatic rings. The van der Waals surface area contributed by atoms with E-state index in [1.807, 2.05) is 0 Å². The number of carbonyl (C=O) groups is 1. The Balaban J connectivity index is 1.57. The van der Waals surface area contributed by atoms with Crippen molar-refractivity contribution < 1.29 is 4.79 Å². The minimum Gasteiger partial charge on any atom is -0.352 e. The molecule has 0 aromatic carbocycles. The zero-order valence-electron chi connectivity index (χ0n) is 10.9. The van der Waals surface area contributed by atoms with Gasteiger partial charge in [-0.05, 0) is 48.9 Å². The summed E-state index contributed by atoms with van der Waals surface area (Å²) in [6.45, 7) is 4.63. The zero-order chi connectivity index (χ0) is 12.2. The van der Waals surface area contributed by atoms with Gasteiger partial charge in [0.2, 0.25) is 5.91 Å². The van der Waals surface area contributed by atoms with Gasteiger partial charge >= 0.3 is 0 Å². The molecule has 96 valence electrons. The molecule has 3 saturated carbocycles. The summed E-state index contributed by atoms with van der Waals surface area (Å²) in [6, 6.07) is 0.501. The third-order valence-electron chi connectivity index (χ3n) is 5.44. The van der Waals surface area contributed by atoms with Crippen molar-refractivity contribution in [1.29, 1.82) is 0 Å².